The average Bonchev–Trinajstić information content (AvgIpc) is 2.64. The molecule has 0 N–H and O–H groups in total. The second-order valence-electron chi connectivity index (χ2n) is 5.88. The molecule has 0 radical (unpaired) electrons. The van der Waals surface area contributed by atoms with Gasteiger partial charge in [0.1, 0.15) is 0 Å². The van der Waals surface area contributed by atoms with Gasteiger partial charge in [-0.05, 0) is 36.2 Å². The fourth-order valence-corrected chi connectivity index (χ4v) is 3.12. The first-order valence-electron chi connectivity index (χ1n) is 8.31. The van der Waals surface area contributed by atoms with Gasteiger partial charge in [0.05, 0.1) is 13.2 Å². The van der Waals surface area contributed by atoms with Gasteiger partial charge >= 0.3 is 0 Å². The van der Waals surface area contributed by atoms with Crippen molar-refractivity contribution in [1.29, 1.82) is 0 Å². The highest BCUT2D eigenvalue weighted by molar-refractivity contribution is 6.01. The Morgan fingerprint density at radius 3 is 2.30 bits per heavy atom. The molecular formula is C20H23NO2. The van der Waals surface area contributed by atoms with E-state index in [1.54, 1.807) is 0 Å². The Hall–Kier alpha value is -2.13. The van der Waals surface area contributed by atoms with Crippen LogP contribution in [0.2, 0.25) is 0 Å². The third-order valence-corrected chi connectivity index (χ3v) is 4.45. The zero-order valence-electron chi connectivity index (χ0n) is 13.6. The number of ether oxygens (including phenoxy) is 1. The maximum Gasteiger partial charge on any atom is 0.170 e. The van der Waals surface area contributed by atoms with Gasteiger partial charge in [-0.25, -0.2) is 0 Å². The normalized spacial score (nSPS) is 16.1. The van der Waals surface area contributed by atoms with Gasteiger partial charge in [-0.2, -0.15) is 0 Å². The van der Waals surface area contributed by atoms with Crippen LogP contribution in [0.25, 0.3) is 0 Å². The lowest BCUT2D eigenvalue weighted by Crippen LogP contribution is -2.36. The zero-order chi connectivity index (χ0) is 16.1. The second-order valence-corrected chi connectivity index (χ2v) is 5.88. The van der Waals surface area contributed by atoms with E-state index in [0.717, 1.165) is 49.5 Å². The Bertz CT molecular complexity index is 630. The molecule has 0 spiro atoms. The highest BCUT2D eigenvalue weighted by atomic mass is 16.5. The largest absolute Gasteiger partial charge is 0.378 e. The van der Waals surface area contributed by atoms with Gasteiger partial charge in [0.15, 0.2) is 5.78 Å². The zero-order valence-corrected chi connectivity index (χ0v) is 13.6. The number of carbonyl (C=O) groups excluding carboxylic acids is 1. The van der Waals surface area contributed by atoms with Crippen molar-refractivity contribution in [2.75, 3.05) is 31.2 Å². The molecule has 3 heteroatoms. The number of rotatable bonds is 5. The summed E-state index contributed by atoms with van der Waals surface area (Å²) in [4.78, 5) is 15.1. The van der Waals surface area contributed by atoms with E-state index in [1.807, 2.05) is 42.5 Å². The third-order valence-electron chi connectivity index (χ3n) is 4.45. The Kier molecular flexibility index (Phi) is 5.09. The minimum absolute atomic E-state index is 0.0644. The molecule has 3 nitrogen and oxygen atoms in total. The number of nitrogens with zero attached hydrogens (tertiary/aromatic N) is 1. The molecule has 0 aliphatic carbocycles. The van der Waals surface area contributed by atoms with Crippen LogP contribution in [0.15, 0.2) is 54.6 Å². The molecule has 3 rings (SSSR count). The molecule has 0 amide bonds. The van der Waals surface area contributed by atoms with Crippen molar-refractivity contribution >= 4 is 11.5 Å². The first-order valence-corrected chi connectivity index (χ1v) is 8.31. The lowest BCUT2D eigenvalue weighted by molar-refractivity contribution is 0.0957. The van der Waals surface area contributed by atoms with Crippen LogP contribution in [-0.2, 0) is 4.74 Å². The molecule has 0 saturated carbocycles. The van der Waals surface area contributed by atoms with E-state index in [-0.39, 0.29) is 11.7 Å². The highest BCUT2D eigenvalue weighted by Crippen LogP contribution is 2.25. The van der Waals surface area contributed by atoms with E-state index in [1.165, 1.54) is 0 Å². The van der Waals surface area contributed by atoms with Crippen molar-refractivity contribution in [2.45, 2.75) is 19.3 Å². The molecule has 1 heterocycles. The number of hydrogen-bond acceptors (Lipinski definition) is 3. The molecule has 2 aromatic carbocycles. The summed E-state index contributed by atoms with van der Waals surface area (Å²) in [6, 6.07) is 18.1. The molecule has 1 unspecified atom stereocenters. The molecule has 1 aliphatic rings. The molecule has 120 valence electrons. The Labute approximate surface area is 137 Å². The van der Waals surface area contributed by atoms with Gasteiger partial charge in [-0.15, -0.1) is 0 Å². The maximum absolute atomic E-state index is 12.8. The summed E-state index contributed by atoms with van der Waals surface area (Å²) in [5.74, 6) is 0.137. The van der Waals surface area contributed by atoms with E-state index in [0.29, 0.717) is 0 Å². The van der Waals surface area contributed by atoms with Crippen molar-refractivity contribution in [3.8, 4) is 0 Å². The summed E-state index contributed by atoms with van der Waals surface area (Å²) in [6.45, 7) is 5.43. The van der Waals surface area contributed by atoms with E-state index in [2.05, 4.69) is 24.0 Å². The first-order chi connectivity index (χ1) is 11.3. The van der Waals surface area contributed by atoms with Gasteiger partial charge in [0.25, 0.3) is 0 Å². The number of morpholine rings is 1. The second kappa shape index (κ2) is 7.42. The predicted octanol–water partition coefficient (Wildman–Crippen LogP) is 3.90. The monoisotopic (exact) mass is 309 g/mol. The summed E-state index contributed by atoms with van der Waals surface area (Å²) < 4.78 is 5.38. The summed E-state index contributed by atoms with van der Waals surface area (Å²) in [5.41, 5.74) is 3.05. The number of Topliss-reactive ketones (excluding diaryl/α,β-unsaturated/α-hetero) is 1. The molecule has 23 heavy (non-hydrogen) atoms. The Balaban J connectivity index is 1.76. The SMILES string of the molecule is CCC(C(=O)c1ccc(N2CCOCC2)cc1)c1ccccc1. The van der Waals surface area contributed by atoms with Crippen LogP contribution >= 0.6 is 0 Å². The Morgan fingerprint density at radius 1 is 1.04 bits per heavy atom. The predicted molar refractivity (Wildman–Crippen MR) is 93.3 cm³/mol. The summed E-state index contributed by atoms with van der Waals surface area (Å²) >= 11 is 0. The van der Waals surface area contributed by atoms with E-state index < -0.39 is 0 Å². The van der Waals surface area contributed by atoms with E-state index in [4.69, 9.17) is 4.74 Å². The molecule has 0 bridgehead atoms. The lowest BCUT2D eigenvalue weighted by Gasteiger charge is -2.29. The van der Waals surface area contributed by atoms with Crippen molar-refractivity contribution in [3.63, 3.8) is 0 Å². The molecule has 2 aromatic rings. The topological polar surface area (TPSA) is 29.5 Å². The number of benzene rings is 2. The van der Waals surface area contributed by atoms with Crippen LogP contribution in [0.5, 0.6) is 0 Å². The summed E-state index contributed by atoms with van der Waals surface area (Å²) in [5, 5.41) is 0. The van der Waals surface area contributed by atoms with Crippen molar-refractivity contribution in [1.82, 2.24) is 0 Å². The van der Waals surface area contributed by atoms with Crippen LogP contribution in [0.1, 0.15) is 35.2 Å². The van der Waals surface area contributed by atoms with Gasteiger partial charge in [0.2, 0.25) is 0 Å². The smallest absolute Gasteiger partial charge is 0.170 e. The minimum Gasteiger partial charge on any atom is -0.378 e. The van der Waals surface area contributed by atoms with Crippen LogP contribution in [0.3, 0.4) is 0 Å². The maximum atomic E-state index is 12.8. The molecule has 1 saturated heterocycles. The third kappa shape index (κ3) is 3.62. The lowest BCUT2D eigenvalue weighted by atomic mass is 9.88. The molecule has 1 atom stereocenters. The molecule has 0 aromatic heterocycles. The van der Waals surface area contributed by atoms with Crippen molar-refractivity contribution in [3.05, 3.63) is 65.7 Å². The highest BCUT2D eigenvalue weighted by Gasteiger charge is 2.20. The van der Waals surface area contributed by atoms with Crippen molar-refractivity contribution < 1.29 is 9.53 Å². The van der Waals surface area contributed by atoms with Gasteiger partial charge < -0.3 is 9.64 Å². The van der Waals surface area contributed by atoms with Crippen molar-refractivity contribution in [2.24, 2.45) is 0 Å². The van der Waals surface area contributed by atoms with Gasteiger partial charge in [-0.1, -0.05) is 37.3 Å². The number of ketones is 1. The molecular weight excluding hydrogens is 286 g/mol. The van der Waals surface area contributed by atoms with Crippen LogP contribution in [0.4, 0.5) is 5.69 Å². The van der Waals surface area contributed by atoms with Crippen LogP contribution in [0, 0.1) is 0 Å². The minimum atomic E-state index is -0.0644. The fourth-order valence-electron chi connectivity index (χ4n) is 3.12. The van der Waals surface area contributed by atoms with E-state index >= 15 is 0 Å². The number of carbonyl (C=O) groups is 1. The summed E-state index contributed by atoms with van der Waals surface area (Å²) in [7, 11) is 0. The summed E-state index contributed by atoms with van der Waals surface area (Å²) in [6.07, 6.45) is 0.814. The number of hydrogen-bond donors (Lipinski definition) is 0. The molecule has 1 aliphatic heterocycles. The average molecular weight is 309 g/mol. The quantitative estimate of drug-likeness (QED) is 0.785. The molecule has 1 fully saturated rings. The fraction of sp³-hybridized carbons (Fsp3) is 0.350. The first kappa shape index (κ1) is 15.8. The number of anilines is 1. The van der Waals surface area contributed by atoms with Crippen LogP contribution < -0.4 is 4.90 Å². The van der Waals surface area contributed by atoms with Gasteiger partial charge in [0, 0.05) is 30.3 Å². The van der Waals surface area contributed by atoms with E-state index in [9.17, 15) is 4.79 Å². The Morgan fingerprint density at radius 2 is 1.70 bits per heavy atom. The van der Waals surface area contributed by atoms with Crippen LogP contribution in [-0.4, -0.2) is 32.1 Å². The van der Waals surface area contributed by atoms with Gasteiger partial charge in [-0.3, -0.25) is 4.79 Å². The standard InChI is InChI=1S/C20H23NO2/c1-2-19(16-6-4-3-5-7-16)20(22)17-8-10-18(11-9-17)21-12-14-23-15-13-21/h3-11,19H,2,12-15H2,1H3.